The van der Waals surface area contributed by atoms with Gasteiger partial charge in [0.15, 0.2) is 0 Å². The minimum atomic E-state index is -3.56. The van der Waals surface area contributed by atoms with Crippen LogP contribution in [0.15, 0.2) is 36.4 Å². The fraction of sp³-hybridized carbons (Fsp3) is 0.462. The van der Waals surface area contributed by atoms with Gasteiger partial charge >= 0.3 is 0 Å². The Labute approximate surface area is 224 Å². The summed E-state index contributed by atoms with van der Waals surface area (Å²) >= 11 is 12.4. The predicted octanol–water partition coefficient (Wildman–Crippen LogP) is 5.10. The van der Waals surface area contributed by atoms with Crippen LogP contribution in [0.3, 0.4) is 0 Å². The minimum absolute atomic E-state index is 0.0630. The van der Waals surface area contributed by atoms with Crippen LogP contribution in [0, 0.1) is 13.8 Å². The lowest BCUT2D eigenvalue weighted by Crippen LogP contribution is -2.48. The predicted molar refractivity (Wildman–Crippen MR) is 147 cm³/mol. The van der Waals surface area contributed by atoms with Crippen LogP contribution in [0.4, 0.5) is 5.69 Å². The van der Waals surface area contributed by atoms with Gasteiger partial charge in [0, 0.05) is 36.1 Å². The number of carbonyl (C=O) groups excluding carboxylic acids is 2. The van der Waals surface area contributed by atoms with Gasteiger partial charge in [-0.25, -0.2) is 8.42 Å². The topological polar surface area (TPSA) is 86.8 Å². The van der Waals surface area contributed by atoms with Gasteiger partial charge < -0.3 is 10.2 Å². The normalized spacial score (nSPS) is 12.2. The molecule has 1 N–H and O–H groups in total. The van der Waals surface area contributed by atoms with Gasteiger partial charge in [-0.2, -0.15) is 0 Å². The molecule has 1 atom stereocenters. The molecule has 0 bridgehead atoms. The molecule has 0 spiro atoms. The van der Waals surface area contributed by atoms with Crippen molar-refractivity contribution in [3.05, 3.63) is 63.1 Å². The van der Waals surface area contributed by atoms with Crippen LogP contribution >= 0.6 is 23.2 Å². The summed E-state index contributed by atoms with van der Waals surface area (Å²) in [6.07, 6.45) is 2.28. The van der Waals surface area contributed by atoms with Crippen LogP contribution in [0.5, 0.6) is 0 Å². The number of amides is 2. The van der Waals surface area contributed by atoms with E-state index in [-0.39, 0.29) is 37.7 Å². The van der Waals surface area contributed by atoms with Gasteiger partial charge in [0.1, 0.15) is 6.04 Å². The minimum Gasteiger partial charge on any atom is -0.354 e. The number of hydrogen-bond donors (Lipinski definition) is 1. The van der Waals surface area contributed by atoms with E-state index in [1.165, 1.54) is 9.21 Å². The van der Waals surface area contributed by atoms with Crippen molar-refractivity contribution in [3.63, 3.8) is 0 Å². The number of hydrogen-bond acceptors (Lipinski definition) is 4. The lowest BCUT2D eigenvalue weighted by atomic mass is 10.1. The third-order valence-electron chi connectivity index (χ3n) is 5.86. The maximum Gasteiger partial charge on any atom is 0.242 e. The van der Waals surface area contributed by atoms with E-state index in [0.29, 0.717) is 27.8 Å². The zero-order valence-electron chi connectivity index (χ0n) is 21.5. The zero-order valence-corrected chi connectivity index (χ0v) is 23.8. The largest absolute Gasteiger partial charge is 0.354 e. The summed E-state index contributed by atoms with van der Waals surface area (Å²) in [5.41, 5.74) is 3.04. The molecule has 0 aromatic heterocycles. The van der Waals surface area contributed by atoms with E-state index in [4.69, 9.17) is 23.2 Å². The summed E-state index contributed by atoms with van der Waals surface area (Å²) < 4.78 is 26.5. The van der Waals surface area contributed by atoms with E-state index in [9.17, 15) is 18.0 Å². The van der Waals surface area contributed by atoms with E-state index in [1.54, 1.807) is 25.1 Å². The Balaban J connectivity index is 2.22. The number of sulfonamides is 1. The molecular weight excluding hydrogens is 521 g/mol. The zero-order chi connectivity index (χ0) is 27.0. The lowest BCUT2D eigenvalue weighted by molar-refractivity contribution is -0.140. The van der Waals surface area contributed by atoms with Gasteiger partial charge in [-0.05, 0) is 68.5 Å². The number of halogens is 2. The lowest BCUT2D eigenvalue weighted by Gasteiger charge is -2.30. The van der Waals surface area contributed by atoms with Gasteiger partial charge in [0.05, 0.1) is 11.9 Å². The molecule has 7 nitrogen and oxygen atoms in total. The maximum absolute atomic E-state index is 13.3. The van der Waals surface area contributed by atoms with E-state index in [1.807, 2.05) is 39.0 Å². The first kappa shape index (κ1) is 29.9. The van der Waals surface area contributed by atoms with Gasteiger partial charge in [0.25, 0.3) is 0 Å². The van der Waals surface area contributed by atoms with Crippen molar-refractivity contribution in [3.8, 4) is 0 Å². The summed E-state index contributed by atoms with van der Waals surface area (Å²) in [5, 5.41) is 3.71. The van der Waals surface area contributed by atoms with Crippen LogP contribution in [0.25, 0.3) is 0 Å². The first-order valence-corrected chi connectivity index (χ1v) is 14.5. The maximum atomic E-state index is 13.3. The smallest absolute Gasteiger partial charge is 0.242 e. The molecular formula is C26H35Cl2N3O4S. The van der Waals surface area contributed by atoms with E-state index in [2.05, 4.69) is 5.32 Å². The Bertz CT molecular complexity index is 1190. The highest BCUT2D eigenvalue weighted by Crippen LogP contribution is 2.26. The van der Waals surface area contributed by atoms with Crippen molar-refractivity contribution in [2.45, 2.75) is 59.5 Å². The third-order valence-corrected chi connectivity index (χ3v) is 7.62. The Morgan fingerprint density at radius 2 is 1.78 bits per heavy atom. The van der Waals surface area contributed by atoms with Crippen molar-refractivity contribution < 1.29 is 18.0 Å². The van der Waals surface area contributed by atoms with Crippen molar-refractivity contribution in [2.24, 2.45) is 0 Å². The fourth-order valence-electron chi connectivity index (χ4n) is 3.78. The molecule has 0 radical (unpaired) electrons. The molecule has 0 aliphatic heterocycles. The Morgan fingerprint density at radius 1 is 1.08 bits per heavy atom. The van der Waals surface area contributed by atoms with Gasteiger partial charge in [-0.15, -0.1) is 0 Å². The monoisotopic (exact) mass is 555 g/mol. The number of nitrogens with one attached hydrogen (secondary N) is 1. The number of carbonyl (C=O) groups is 2. The fourth-order valence-corrected chi connectivity index (χ4v) is 5.27. The van der Waals surface area contributed by atoms with Crippen molar-refractivity contribution in [1.82, 2.24) is 10.2 Å². The Kier molecular flexibility index (Phi) is 11.1. The molecule has 0 heterocycles. The molecule has 36 heavy (non-hydrogen) atoms. The van der Waals surface area contributed by atoms with Crippen LogP contribution < -0.4 is 9.62 Å². The average molecular weight is 557 g/mol. The average Bonchev–Trinajstić information content (AvgIpc) is 2.80. The number of nitrogens with zero attached hydrogens (tertiary/aromatic N) is 2. The molecule has 0 fully saturated rings. The SMILES string of the molecule is CCCNC(=O)C(C)N(Cc1ccc(Cl)cc1Cl)C(=O)CCCN(c1cc(C)ccc1C)S(C)(=O)=O. The van der Waals surface area contributed by atoms with Crippen molar-refractivity contribution >= 4 is 50.7 Å². The molecule has 0 saturated heterocycles. The molecule has 2 amide bonds. The highest BCUT2D eigenvalue weighted by Gasteiger charge is 2.27. The van der Waals surface area contributed by atoms with Gasteiger partial charge in [0.2, 0.25) is 21.8 Å². The van der Waals surface area contributed by atoms with Crippen molar-refractivity contribution in [1.29, 1.82) is 0 Å². The molecule has 2 aromatic carbocycles. The van der Waals surface area contributed by atoms with Gasteiger partial charge in [-0.1, -0.05) is 48.3 Å². The summed E-state index contributed by atoms with van der Waals surface area (Å²) in [7, 11) is -3.56. The van der Waals surface area contributed by atoms with Crippen LogP contribution in [-0.2, 0) is 26.2 Å². The number of aryl methyl sites for hydroxylation is 2. The first-order valence-electron chi connectivity index (χ1n) is 11.9. The third kappa shape index (κ3) is 8.39. The standard InChI is InChI=1S/C26H35Cl2N3O4S/c1-6-13-29-26(33)20(4)30(17-21-11-12-22(27)16-23(21)28)25(32)8-7-14-31(36(5,34)35)24-15-18(2)9-10-19(24)3/h9-12,15-16,20H,6-8,13-14,17H2,1-5H3,(H,29,33). The molecule has 2 aromatic rings. The number of benzene rings is 2. The molecule has 198 valence electrons. The van der Waals surface area contributed by atoms with E-state index >= 15 is 0 Å². The summed E-state index contributed by atoms with van der Waals surface area (Å²) in [4.78, 5) is 27.5. The second kappa shape index (κ2) is 13.3. The number of rotatable bonds is 12. The molecule has 0 aliphatic rings. The molecule has 0 saturated carbocycles. The first-order chi connectivity index (χ1) is 16.8. The molecule has 0 aliphatic carbocycles. The Hall–Kier alpha value is -2.29. The molecule has 2 rings (SSSR count). The second-order valence-corrected chi connectivity index (χ2v) is 11.7. The second-order valence-electron chi connectivity index (χ2n) is 8.95. The number of anilines is 1. The summed E-state index contributed by atoms with van der Waals surface area (Å²) in [6, 6.07) is 9.90. The summed E-state index contributed by atoms with van der Waals surface area (Å²) in [5.74, 6) is -0.530. The molecule has 10 heteroatoms. The van der Waals surface area contributed by atoms with Crippen molar-refractivity contribution in [2.75, 3.05) is 23.7 Å². The van der Waals surface area contributed by atoms with Crippen LogP contribution in [0.1, 0.15) is 49.8 Å². The van der Waals surface area contributed by atoms with Crippen LogP contribution in [-0.4, -0.2) is 50.5 Å². The van der Waals surface area contributed by atoms with Crippen LogP contribution in [0.2, 0.25) is 10.0 Å². The highest BCUT2D eigenvalue weighted by atomic mass is 35.5. The highest BCUT2D eigenvalue weighted by molar-refractivity contribution is 7.92. The van der Waals surface area contributed by atoms with Gasteiger partial charge in [-0.3, -0.25) is 13.9 Å². The quantitative estimate of drug-likeness (QED) is 0.394. The van der Waals surface area contributed by atoms with E-state index in [0.717, 1.165) is 23.8 Å². The summed E-state index contributed by atoms with van der Waals surface area (Å²) in [6.45, 7) is 8.15. The Morgan fingerprint density at radius 3 is 2.39 bits per heavy atom. The molecule has 1 unspecified atom stereocenters. The van der Waals surface area contributed by atoms with E-state index < -0.39 is 16.1 Å².